The summed E-state index contributed by atoms with van der Waals surface area (Å²) in [6.07, 6.45) is 0. The van der Waals surface area contributed by atoms with Crippen LogP contribution < -0.4 is 15.2 Å². The molecule has 2 aromatic carbocycles. The Hall–Kier alpha value is -2.38. The first-order chi connectivity index (χ1) is 10.8. The van der Waals surface area contributed by atoms with Gasteiger partial charge in [0.15, 0.2) is 0 Å². The molecule has 0 aliphatic rings. The van der Waals surface area contributed by atoms with Gasteiger partial charge in [-0.15, -0.1) is 0 Å². The van der Waals surface area contributed by atoms with Gasteiger partial charge in [-0.25, -0.2) is 13.1 Å². The van der Waals surface area contributed by atoms with Crippen LogP contribution in [-0.4, -0.2) is 21.4 Å². The highest BCUT2D eigenvalue weighted by Gasteiger charge is 2.19. The number of aryl methyl sites for hydroxylation is 1. The fraction of sp³-hybridized carbons (Fsp3) is 0.188. The third kappa shape index (κ3) is 4.08. The number of methoxy groups -OCH3 is 1. The van der Waals surface area contributed by atoms with Crippen molar-refractivity contribution in [1.29, 1.82) is 0 Å². The van der Waals surface area contributed by atoms with E-state index < -0.39 is 15.9 Å². The molecule has 0 aliphatic heterocycles. The van der Waals surface area contributed by atoms with E-state index in [9.17, 15) is 13.2 Å². The van der Waals surface area contributed by atoms with E-state index >= 15 is 0 Å². The van der Waals surface area contributed by atoms with Crippen molar-refractivity contribution < 1.29 is 17.9 Å². The topological polar surface area (TPSA) is 98.5 Å². The molecule has 0 saturated heterocycles. The predicted octanol–water partition coefficient (Wildman–Crippen LogP) is 1.58. The summed E-state index contributed by atoms with van der Waals surface area (Å²) in [7, 11) is -2.29. The summed E-state index contributed by atoms with van der Waals surface area (Å²) in [6.45, 7) is 1.90. The molecule has 0 saturated carbocycles. The number of sulfonamides is 1. The summed E-state index contributed by atoms with van der Waals surface area (Å²) in [6, 6.07) is 11.4. The predicted molar refractivity (Wildman–Crippen MR) is 86.7 cm³/mol. The molecule has 2 rings (SSSR count). The summed E-state index contributed by atoms with van der Waals surface area (Å²) in [4.78, 5) is 11.1. The Kier molecular flexibility index (Phi) is 5.02. The minimum atomic E-state index is -3.72. The number of carbonyl (C=O) groups is 1. The molecule has 3 N–H and O–H groups in total. The van der Waals surface area contributed by atoms with Crippen LogP contribution in [0.4, 0.5) is 0 Å². The second-order valence-corrected chi connectivity index (χ2v) is 6.78. The molecule has 0 unspecified atom stereocenters. The van der Waals surface area contributed by atoms with Crippen molar-refractivity contribution >= 4 is 15.9 Å². The van der Waals surface area contributed by atoms with Crippen LogP contribution in [0.1, 0.15) is 21.5 Å². The van der Waals surface area contributed by atoms with Crippen LogP contribution in [-0.2, 0) is 16.6 Å². The Balaban J connectivity index is 2.19. The van der Waals surface area contributed by atoms with Crippen molar-refractivity contribution in [2.75, 3.05) is 7.11 Å². The van der Waals surface area contributed by atoms with Gasteiger partial charge in [-0.1, -0.05) is 18.2 Å². The van der Waals surface area contributed by atoms with Crippen molar-refractivity contribution in [2.45, 2.75) is 18.4 Å². The number of nitrogens with one attached hydrogen (secondary N) is 1. The van der Waals surface area contributed by atoms with E-state index in [4.69, 9.17) is 10.5 Å². The van der Waals surface area contributed by atoms with Crippen molar-refractivity contribution in [2.24, 2.45) is 5.73 Å². The molecule has 0 radical (unpaired) electrons. The summed E-state index contributed by atoms with van der Waals surface area (Å²) in [5, 5.41) is 0. The van der Waals surface area contributed by atoms with Crippen LogP contribution in [0.3, 0.4) is 0 Å². The lowest BCUT2D eigenvalue weighted by atomic mass is 10.1. The molecule has 0 fully saturated rings. The number of amides is 1. The average molecular weight is 334 g/mol. The fourth-order valence-corrected chi connectivity index (χ4v) is 3.31. The number of carbonyl (C=O) groups excluding carboxylic acids is 1. The second kappa shape index (κ2) is 6.80. The maximum absolute atomic E-state index is 12.4. The third-order valence-corrected chi connectivity index (χ3v) is 4.74. The zero-order valence-corrected chi connectivity index (χ0v) is 13.7. The first kappa shape index (κ1) is 17.0. The van der Waals surface area contributed by atoms with E-state index in [1.807, 2.05) is 0 Å². The second-order valence-electron chi connectivity index (χ2n) is 5.04. The van der Waals surface area contributed by atoms with Crippen LogP contribution in [0.2, 0.25) is 0 Å². The highest BCUT2D eigenvalue weighted by Crippen LogP contribution is 2.24. The molecule has 6 nitrogen and oxygen atoms in total. The standard InChI is InChI=1S/C16H18N2O4S/c1-11-3-8-14(22-2)15(9-11)23(20,21)18-10-12-4-6-13(7-5-12)16(17)19/h3-9,18H,10H2,1-2H3,(H2,17,19). The number of primary amides is 1. The monoisotopic (exact) mass is 334 g/mol. The Morgan fingerprint density at radius 1 is 1.17 bits per heavy atom. The number of nitrogens with two attached hydrogens (primary N) is 1. The van der Waals surface area contributed by atoms with Gasteiger partial charge in [0.05, 0.1) is 7.11 Å². The van der Waals surface area contributed by atoms with Gasteiger partial charge >= 0.3 is 0 Å². The molecule has 7 heteroatoms. The van der Waals surface area contributed by atoms with Crippen LogP contribution in [0, 0.1) is 6.92 Å². The van der Waals surface area contributed by atoms with Gasteiger partial charge in [-0.05, 0) is 42.3 Å². The lowest BCUT2D eigenvalue weighted by Gasteiger charge is -2.11. The van der Waals surface area contributed by atoms with Crippen molar-refractivity contribution in [1.82, 2.24) is 4.72 Å². The molecule has 0 atom stereocenters. The Bertz CT molecular complexity index is 814. The van der Waals surface area contributed by atoms with E-state index in [0.29, 0.717) is 11.1 Å². The molecular formula is C16H18N2O4S. The van der Waals surface area contributed by atoms with E-state index in [-0.39, 0.29) is 17.2 Å². The Labute approximate surface area is 135 Å². The van der Waals surface area contributed by atoms with E-state index in [1.54, 1.807) is 49.4 Å². The highest BCUT2D eigenvalue weighted by molar-refractivity contribution is 7.89. The van der Waals surface area contributed by atoms with Gasteiger partial charge in [0.25, 0.3) is 0 Å². The van der Waals surface area contributed by atoms with Crippen molar-refractivity contribution in [3.05, 3.63) is 59.2 Å². The largest absolute Gasteiger partial charge is 0.495 e. The maximum Gasteiger partial charge on any atom is 0.248 e. The molecule has 0 aromatic heterocycles. The summed E-state index contributed by atoms with van der Waals surface area (Å²) in [5.41, 5.74) is 7.07. The molecule has 0 spiro atoms. The van der Waals surface area contributed by atoms with E-state index in [2.05, 4.69) is 4.72 Å². The van der Waals surface area contributed by atoms with Crippen molar-refractivity contribution in [3.63, 3.8) is 0 Å². The third-order valence-electron chi connectivity index (χ3n) is 3.31. The molecular weight excluding hydrogens is 316 g/mol. The van der Waals surface area contributed by atoms with Gasteiger partial charge in [0.2, 0.25) is 15.9 Å². The molecule has 0 bridgehead atoms. The summed E-state index contributed by atoms with van der Waals surface area (Å²) < 4.78 is 32.5. The van der Waals surface area contributed by atoms with Gasteiger partial charge in [-0.2, -0.15) is 0 Å². The number of hydrogen-bond donors (Lipinski definition) is 2. The zero-order valence-electron chi connectivity index (χ0n) is 12.9. The van der Waals surface area contributed by atoms with Gasteiger partial charge in [0, 0.05) is 12.1 Å². The molecule has 23 heavy (non-hydrogen) atoms. The minimum absolute atomic E-state index is 0.0914. The van der Waals surface area contributed by atoms with Crippen LogP contribution in [0.5, 0.6) is 5.75 Å². The number of hydrogen-bond acceptors (Lipinski definition) is 4. The molecule has 2 aromatic rings. The van der Waals surface area contributed by atoms with Gasteiger partial charge in [-0.3, -0.25) is 4.79 Å². The SMILES string of the molecule is COc1ccc(C)cc1S(=O)(=O)NCc1ccc(C(N)=O)cc1. The number of benzene rings is 2. The Morgan fingerprint density at radius 3 is 2.39 bits per heavy atom. The van der Waals surface area contributed by atoms with Gasteiger partial charge < -0.3 is 10.5 Å². The first-order valence-electron chi connectivity index (χ1n) is 6.86. The molecule has 0 heterocycles. The number of ether oxygens (including phenoxy) is 1. The lowest BCUT2D eigenvalue weighted by molar-refractivity contribution is 0.100. The fourth-order valence-electron chi connectivity index (χ4n) is 2.04. The first-order valence-corrected chi connectivity index (χ1v) is 8.35. The van der Waals surface area contributed by atoms with Gasteiger partial charge in [0.1, 0.15) is 10.6 Å². The summed E-state index contributed by atoms with van der Waals surface area (Å²) in [5.74, 6) is -0.242. The minimum Gasteiger partial charge on any atom is -0.495 e. The zero-order chi connectivity index (χ0) is 17.0. The highest BCUT2D eigenvalue weighted by atomic mass is 32.2. The lowest BCUT2D eigenvalue weighted by Crippen LogP contribution is -2.24. The van der Waals surface area contributed by atoms with Crippen LogP contribution in [0.15, 0.2) is 47.4 Å². The van der Waals surface area contributed by atoms with E-state index in [1.165, 1.54) is 7.11 Å². The normalized spacial score (nSPS) is 11.2. The quantitative estimate of drug-likeness (QED) is 0.838. The van der Waals surface area contributed by atoms with E-state index in [0.717, 1.165) is 5.56 Å². The smallest absolute Gasteiger partial charge is 0.248 e. The molecule has 122 valence electrons. The summed E-state index contributed by atoms with van der Waals surface area (Å²) >= 11 is 0. The van der Waals surface area contributed by atoms with Crippen LogP contribution >= 0.6 is 0 Å². The van der Waals surface area contributed by atoms with Crippen LogP contribution in [0.25, 0.3) is 0 Å². The Morgan fingerprint density at radius 2 is 1.83 bits per heavy atom. The number of rotatable bonds is 6. The average Bonchev–Trinajstić information content (AvgIpc) is 2.53. The molecule has 1 amide bonds. The van der Waals surface area contributed by atoms with Crippen molar-refractivity contribution in [3.8, 4) is 5.75 Å². The maximum atomic E-state index is 12.4. The molecule has 0 aliphatic carbocycles.